The number of hydrogen-bond acceptors (Lipinski definition) is 7. The minimum Gasteiger partial charge on any atom is -0.465 e. The van der Waals surface area contributed by atoms with E-state index >= 15 is 0 Å². The van der Waals surface area contributed by atoms with Crippen molar-refractivity contribution >= 4 is 5.97 Å². The van der Waals surface area contributed by atoms with Crippen molar-refractivity contribution in [2.24, 2.45) is 0 Å². The molecule has 8 heteroatoms. The van der Waals surface area contributed by atoms with E-state index in [0.29, 0.717) is 22.8 Å². The van der Waals surface area contributed by atoms with Crippen LogP contribution in [0.2, 0.25) is 0 Å². The maximum atomic E-state index is 12.4. The first-order valence-corrected chi connectivity index (χ1v) is 8.32. The minimum atomic E-state index is -0.419. The number of hydrogen-bond donors (Lipinski definition) is 1. The van der Waals surface area contributed by atoms with Crippen molar-refractivity contribution in [2.75, 3.05) is 7.11 Å². The highest BCUT2D eigenvalue weighted by atomic mass is 16.5. The zero-order valence-electron chi connectivity index (χ0n) is 14.7. The zero-order valence-corrected chi connectivity index (χ0v) is 14.7. The van der Waals surface area contributed by atoms with Crippen LogP contribution in [0.25, 0.3) is 34.1 Å². The molecule has 0 amide bonds. The van der Waals surface area contributed by atoms with Crippen LogP contribution in [0.3, 0.4) is 0 Å². The van der Waals surface area contributed by atoms with Gasteiger partial charge in [-0.1, -0.05) is 23.4 Å². The molecule has 0 aliphatic rings. The van der Waals surface area contributed by atoms with E-state index in [2.05, 4.69) is 24.8 Å². The fourth-order valence-corrected chi connectivity index (χ4v) is 2.64. The summed E-state index contributed by atoms with van der Waals surface area (Å²) in [6, 6.07) is 13.7. The number of aromatic amines is 1. The molecule has 3 aromatic heterocycles. The third-order valence-corrected chi connectivity index (χ3v) is 4.08. The number of ether oxygens (including phenoxy) is 1. The number of esters is 1. The van der Waals surface area contributed by atoms with Gasteiger partial charge in [0.25, 0.3) is 5.56 Å². The number of nitrogens with zero attached hydrogens (tertiary/aromatic N) is 3. The second-order valence-corrected chi connectivity index (χ2v) is 5.83. The Hall–Kier alpha value is -4.07. The van der Waals surface area contributed by atoms with Crippen LogP contribution in [0, 0.1) is 0 Å². The standard InChI is InChI=1S/C20H14N4O4/c1-27-20(26)13-7-5-12(6-8-13)16-10-17(28-24-16)14-11-22-18(23-19(14)25)15-4-2-3-9-21-15/h2-11H,1H3,(H,22,23,25). The van der Waals surface area contributed by atoms with E-state index in [4.69, 9.17) is 4.52 Å². The number of carbonyl (C=O) groups is 1. The molecule has 28 heavy (non-hydrogen) atoms. The molecule has 1 aromatic carbocycles. The van der Waals surface area contributed by atoms with Gasteiger partial charge in [-0.2, -0.15) is 0 Å². The average molecular weight is 374 g/mol. The van der Waals surface area contributed by atoms with Crippen LogP contribution in [-0.4, -0.2) is 33.2 Å². The molecule has 138 valence electrons. The summed E-state index contributed by atoms with van der Waals surface area (Å²) >= 11 is 0. The second-order valence-electron chi connectivity index (χ2n) is 5.83. The van der Waals surface area contributed by atoms with E-state index in [0.717, 1.165) is 5.56 Å². The van der Waals surface area contributed by atoms with E-state index in [-0.39, 0.29) is 16.9 Å². The largest absolute Gasteiger partial charge is 0.465 e. The molecular weight excluding hydrogens is 360 g/mol. The van der Waals surface area contributed by atoms with Gasteiger partial charge in [-0.05, 0) is 24.3 Å². The lowest BCUT2D eigenvalue weighted by atomic mass is 10.1. The summed E-state index contributed by atoms with van der Waals surface area (Å²) in [6.45, 7) is 0. The number of pyridine rings is 1. The Balaban J connectivity index is 1.62. The van der Waals surface area contributed by atoms with E-state index < -0.39 is 5.97 Å². The van der Waals surface area contributed by atoms with E-state index in [9.17, 15) is 9.59 Å². The van der Waals surface area contributed by atoms with Crippen LogP contribution in [0.15, 0.2) is 70.2 Å². The molecule has 0 atom stereocenters. The topological polar surface area (TPSA) is 111 Å². The Morgan fingerprint density at radius 3 is 2.57 bits per heavy atom. The van der Waals surface area contributed by atoms with E-state index in [1.807, 2.05) is 6.07 Å². The Bertz CT molecular complexity index is 1180. The summed E-state index contributed by atoms with van der Waals surface area (Å²) in [7, 11) is 1.32. The smallest absolute Gasteiger partial charge is 0.337 e. The van der Waals surface area contributed by atoms with Gasteiger partial charge in [0.2, 0.25) is 0 Å². The molecule has 0 saturated heterocycles. The number of rotatable bonds is 4. The molecule has 0 radical (unpaired) electrons. The number of nitrogens with one attached hydrogen (secondary N) is 1. The van der Waals surface area contributed by atoms with Gasteiger partial charge in [0.15, 0.2) is 11.6 Å². The number of H-pyrrole nitrogens is 1. The van der Waals surface area contributed by atoms with Crippen molar-refractivity contribution in [3.05, 3.63) is 76.8 Å². The summed E-state index contributed by atoms with van der Waals surface area (Å²) in [6.07, 6.45) is 3.05. The molecule has 0 bridgehead atoms. The molecular formula is C20H14N4O4. The van der Waals surface area contributed by atoms with Gasteiger partial charge in [-0.15, -0.1) is 0 Å². The summed E-state index contributed by atoms with van der Waals surface area (Å²) < 4.78 is 9.99. The quantitative estimate of drug-likeness (QED) is 0.547. The minimum absolute atomic E-state index is 0.254. The molecule has 0 fully saturated rings. The third-order valence-electron chi connectivity index (χ3n) is 4.08. The number of aromatic nitrogens is 4. The van der Waals surface area contributed by atoms with Crippen LogP contribution in [0.5, 0.6) is 0 Å². The summed E-state index contributed by atoms with van der Waals surface area (Å²) in [5.41, 5.74) is 2.15. The van der Waals surface area contributed by atoms with Gasteiger partial charge in [-0.3, -0.25) is 9.78 Å². The molecule has 4 rings (SSSR count). The van der Waals surface area contributed by atoms with Gasteiger partial charge in [-0.25, -0.2) is 9.78 Å². The SMILES string of the molecule is COC(=O)c1ccc(-c2cc(-c3cnc(-c4ccccn4)[nH]c3=O)on2)cc1. The summed E-state index contributed by atoms with van der Waals surface area (Å²) in [5.74, 6) is 0.235. The van der Waals surface area contributed by atoms with Crippen LogP contribution >= 0.6 is 0 Å². The average Bonchev–Trinajstić information content (AvgIpc) is 3.24. The van der Waals surface area contributed by atoms with Gasteiger partial charge in [0.05, 0.1) is 12.7 Å². The lowest BCUT2D eigenvalue weighted by molar-refractivity contribution is 0.0601. The monoisotopic (exact) mass is 374 g/mol. The fourth-order valence-electron chi connectivity index (χ4n) is 2.64. The zero-order chi connectivity index (χ0) is 19.5. The normalized spacial score (nSPS) is 10.6. The van der Waals surface area contributed by atoms with Gasteiger partial charge >= 0.3 is 5.97 Å². The van der Waals surface area contributed by atoms with Crippen molar-refractivity contribution in [3.8, 4) is 34.1 Å². The molecule has 0 spiro atoms. The molecule has 0 saturated carbocycles. The van der Waals surface area contributed by atoms with Crippen LogP contribution in [0.1, 0.15) is 10.4 Å². The van der Waals surface area contributed by atoms with Crippen LogP contribution in [0.4, 0.5) is 0 Å². The summed E-state index contributed by atoms with van der Waals surface area (Å²) in [4.78, 5) is 35.1. The molecule has 3 heterocycles. The number of benzene rings is 1. The predicted octanol–water partition coefficient (Wildman–Crippen LogP) is 2.94. The highest BCUT2D eigenvalue weighted by Crippen LogP contribution is 2.24. The highest BCUT2D eigenvalue weighted by molar-refractivity contribution is 5.89. The van der Waals surface area contributed by atoms with Crippen LogP contribution in [-0.2, 0) is 4.74 Å². The second kappa shape index (κ2) is 7.28. The van der Waals surface area contributed by atoms with E-state index in [1.165, 1.54) is 13.3 Å². The van der Waals surface area contributed by atoms with Gasteiger partial charge < -0.3 is 14.2 Å². The Morgan fingerprint density at radius 2 is 1.89 bits per heavy atom. The molecule has 0 aliphatic carbocycles. The van der Waals surface area contributed by atoms with Gasteiger partial charge in [0.1, 0.15) is 17.0 Å². The van der Waals surface area contributed by atoms with Crippen molar-refractivity contribution in [3.63, 3.8) is 0 Å². The lowest BCUT2D eigenvalue weighted by Gasteiger charge is -2.00. The van der Waals surface area contributed by atoms with Crippen LogP contribution < -0.4 is 5.56 Å². The first kappa shape index (κ1) is 17.3. The highest BCUT2D eigenvalue weighted by Gasteiger charge is 2.14. The predicted molar refractivity (Wildman–Crippen MR) is 100 cm³/mol. The fraction of sp³-hybridized carbons (Fsp3) is 0.0500. The van der Waals surface area contributed by atoms with Crippen molar-refractivity contribution < 1.29 is 14.1 Å². The van der Waals surface area contributed by atoms with Crippen molar-refractivity contribution in [1.29, 1.82) is 0 Å². The van der Waals surface area contributed by atoms with E-state index in [1.54, 1.807) is 48.7 Å². The Kier molecular flexibility index (Phi) is 4.51. The number of methoxy groups -OCH3 is 1. The molecule has 0 aliphatic heterocycles. The van der Waals surface area contributed by atoms with Crippen molar-refractivity contribution in [1.82, 2.24) is 20.1 Å². The molecule has 4 aromatic rings. The first-order chi connectivity index (χ1) is 13.7. The third kappa shape index (κ3) is 3.30. The van der Waals surface area contributed by atoms with Gasteiger partial charge in [0, 0.05) is 24.0 Å². The lowest BCUT2D eigenvalue weighted by Crippen LogP contribution is -2.11. The maximum absolute atomic E-state index is 12.4. The number of carbonyl (C=O) groups excluding carboxylic acids is 1. The molecule has 8 nitrogen and oxygen atoms in total. The Morgan fingerprint density at radius 1 is 1.07 bits per heavy atom. The first-order valence-electron chi connectivity index (χ1n) is 8.32. The maximum Gasteiger partial charge on any atom is 0.337 e. The Labute approximate surface area is 158 Å². The molecule has 0 unspecified atom stereocenters. The molecule has 1 N–H and O–H groups in total. The van der Waals surface area contributed by atoms with Crippen molar-refractivity contribution in [2.45, 2.75) is 0 Å². The summed E-state index contributed by atoms with van der Waals surface area (Å²) in [5, 5.41) is 4.00.